The highest BCUT2D eigenvalue weighted by Gasteiger charge is 2.25. The molecule has 24 heavy (non-hydrogen) atoms. The SMILES string of the molecule is O=C(c1ccccc1Cl)[C@@H](Nc1ccccc1)c1ccccc1Cl. The van der Waals surface area contributed by atoms with Gasteiger partial charge in [0.15, 0.2) is 5.78 Å². The molecule has 0 heterocycles. The van der Waals surface area contributed by atoms with Crippen LogP contribution in [-0.2, 0) is 0 Å². The van der Waals surface area contributed by atoms with Crippen molar-refractivity contribution in [3.8, 4) is 0 Å². The molecule has 0 radical (unpaired) electrons. The number of hydrogen-bond acceptors (Lipinski definition) is 2. The number of rotatable bonds is 5. The molecule has 0 unspecified atom stereocenters. The lowest BCUT2D eigenvalue weighted by Gasteiger charge is -2.21. The summed E-state index contributed by atoms with van der Waals surface area (Å²) >= 11 is 12.5. The van der Waals surface area contributed by atoms with Crippen molar-refractivity contribution in [3.05, 3.63) is 100 Å². The highest BCUT2D eigenvalue weighted by Crippen LogP contribution is 2.30. The fourth-order valence-corrected chi connectivity index (χ4v) is 2.99. The first kappa shape index (κ1) is 16.6. The van der Waals surface area contributed by atoms with Crippen molar-refractivity contribution in [1.82, 2.24) is 0 Å². The number of Topliss-reactive ketones (excluding diaryl/α,β-unsaturated/α-hetero) is 1. The second kappa shape index (κ2) is 7.52. The Labute approximate surface area is 151 Å². The molecule has 0 aliphatic heterocycles. The average Bonchev–Trinajstić information content (AvgIpc) is 2.61. The Morgan fingerprint density at radius 3 is 2.00 bits per heavy atom. The maximum Gasteiger partial charge on any atom is 0.191 e. The van der Waals surface area contributed by atoms with Crippen LogP contribution in [0.1, 0.15) is 22.0 Å². The third kappa shape index (κ3) is 3.61. The number of hydrogen-bond donors (Lipinski definition) is 1. The summed E-state index contributed by atoms with van der Waals surface area (Å²) in [5.41, 5.74) is 2.02. The van der Waals surface area contributed by atoms with Gasteiger partial charge in [-0.2, -0.15) is 0 Å². The largest absolute Gasteiger partial charge is 0.371 e. The normalized spacial score (nSPS) is 11.8. The molecule has 0 spiro atoms. The van der Waals surface area contributed by atoms with Gasteiger partial charge < -0.3 is 5.32 Å². The minimum absolute atomic E-state index is 0.127. The van der Waals surface area contributed by atoms with E-state index in [9.17, 15) is 4.79 Å². The summed E-state index contributed by atoms with van der Waals surface area (Å²) in [4.78, 5) is 13.1. The van der Waals surface area contributed by atoms with Crippen LogP contribution in [0, 0.1) is 0 Å². The fourth-order valence-electron chi connectivity index (χ4n) is 2.51. The predicted molar refractivity (Wildman–Crippen MR) is 100 cm³/mol. The van der Waals surface area contributed by atoms with E-state index < -0.39 is 6.04 Å². The molecule has 4 heteroatoms. The Morgan fingerprint density at radius 2 is 1.33 bits per heavy atom. The highest BCUT2D eigenvalue weighted by molar-refractivity contribution is 6.34. The van der Waals surface area contributed by atoms with Crippen LogP contribution in [0.4, 0.5) is 5.69 Å². The van der Waals surface area contributed by atoms with E-state index in [1.807, 2.05) is 48.5 Å². The van der Waals surface area contributed by atoms with Gasteiger partial charge in [0.2, 0.25) is 0 Å². The Morgan fingerprint density at radius 1 is 0.750 bits per heavy atom. The van der Waals surface area contributed by atoms with Gasteiger partial charge in [-0.15, -0.1) is 0 Å². The van der Waals surface area contributed by atoms with Crippen LogP contribution in [0.2, 0.25) is 10.0 Å². The molecule has 3 aromatic rings. The Hall–Kier alpha value is -2.29. The first-order valence-electron chi connectivity index (χ1n) is 7.51. The van der Waals surface area contributed by atoms with Crippen molar-refractivity contribution < 1.29 is 4.79 Å². The molecule has 2 nitrogen and oxygen atoms in total. The fraction of sp³-hybridized carbons (Fsp3) is 0.0500. The molecular formula is C20H15Cl2NO. The summed E-state index contributed by atoms with van der Waals surface area (Å²) in [7, 11) is 0. The third-order valence-electron chi connectivity index (χ3n) is 3.70. The molecule has 0 aliphatic carbocycles. The van der Waals surface area contributed by atoms with Crippen molar-refractivity contribution >= 4 is 34.7 Å². The van der Waals surface area contributed by atoms with Gasteiger partial charge in [-0.05, 0) is 30.3 Å². The molecule has 120 valence electrons. The van der Waals surface area contributed by atoms with E-state index >= 15 is 0 Å². The molecular weight excluding hydrogens is 341 g/mol. The molecule has 1 atom stereocenters. The van der Waals surface area contributed by atoms with Gasteiger partial charge in [0.25, 0.3) is 0 Å². The van der Waals surface area contributed by atoms with E-state index in [0.29, 0.717) is 21.2 Å². The number of carbonyl (C=O) groups is 1. The molecule has 0 saturated heterocycles. The van der Waals surface area contributed by atoms with E-state index in [4.69, 9.17) is 23.2 Å². The predicted octanol–water partition coefficient (Wildman–Crippen LogP) is 6.03. The van der Waals surface area contributed by atoms with Crippen LogP contribution in [0.25, 0.3) is 0 Å². The molecule has 0 amide bonds. The van der Waals surface area contributed by atoms with Crippen molar-refractivity contribution in [2.75, 3.05) is 5.32 Å². The number of halogens is 2. The second-order valence-corrected chi connectivity index (χ2v) is 6.12. The number of para-hydroxylation sites is 1. The van der Waals surface area contributed by atoms with Crippen LogP contribution >= 0.6 is 23.2 Å². The van der Waals surface area contributed by atoms with Crippen LogP contribution < -0.4 is 5.32 Å². The number of nitrogens with one attached hydrogen (secondary N) is 1. The van der Waals surface area contributed by atoms with E-state index in [1.165, 1.54) is 0 Å². The Kier molecular flexibility index (Phi) is 5.19. The first-order chi connectivity index (χ1) is 11.7. The number of benzene rings is 3. The number of anilines is 1. The van der Waals surface area contributed by atoms with E-state index in [1.54, 1.807) is 30.3 Å². The standard InChI is InChI=1S/C20H15Cl2NO/c21-17-12-6-4-10-15(17)19(23-14-8-2-1-3-9-14)20(24)16-11-5-7-13-18(16)22/h1-13,19,23H/t19-/m0/s1. The molecule has 0 aliphatic rings. The second-order valence-electron chi connectivity index (χ2n) is 5.31. The topological polar surface area (TPSA) is 29.1 Å². The van der Waals surface area contributed by atoms with Crippen LogP contribution in [0.3, 0.4) is 0 Å². The van der Waals surface area contributed by atoms with Crippen molar-refractivity contribution in [3.63, 3.8) is 0 Å². The van der Waals surface area contributed by atoms with Crippen LogP contribution in [0.5, 0.6) is 0 Å². The van der Waals surface area contributed by atoms with E-state index in [2.05, 4.69) is 5.32 Å². The first-order valence-corrected chi connectivity index (χ1v) is 8.27. The zero-order valence-electron chi connectivity index (χ0n) is 12.7. The van der Waals surface area contributed by atoms with Gasteiger partial charge in [0.1, 0.15) is 6.04 Å². The lowest BCUT2D eigenvalue weighted by molar-refractivity contribution is 0.0969. The van der Waals surface area contributed by atoms with Crippen molar-refractivity contribution in [2.45, 2.75) is 6.04 Å². The van der Waals surface area contributed by atoms with Gasteiger partial charge in [-0.3, -0.25) is 4.79 Å². The zero-order valence-corrected chi connectivity index (χ0v) is 14.3. The maximum atomic E-state index is 13.1. The van der Waals surface area contributed by atoms with Crippen LogP contribution in [0.15, 0.2) is 78.9 Å². The smallest absolute Gasteiger partial charge is 0.191 e. The van der Waals surface area contributed by atoms with Gasteiger partial charge in [0.05, 0.1) is 5.02 Å². The quantitative estimate of drug-likeness (QED) is 0.566. The average molecular weight is 356 g/mol. The van der Waals surface area contributed by atoms with E-state index in [0.717, 1.165) is 5.69 Å². The Bertz CT molecular complexity index is 849. The minimum atomic E-state index is -0.624. The summed E-state index contributed by atoms with van der Waals surface area (Å²) in [6.45, 7) is 0. The monoisotopic (exact) mass is 355 g/mol. The molecule has 0 aromatic heterocycles. The minimum Gasteiger partial charge on any atom is -0.371 e. The molecule has 0 saturated carbocycles. The molecule has 3 aromatic carbocycles. The van der Waals surface area contributed by atoms with Crippen LogP contribution in [-0.4, -0.2) is 5.78 Å². The lowest BCUT2D eigenvalue weighted by Crippen LogP contribution is -2.22. The molecule has 3 rings (SSSR count). The highest BCUT2D eigenvalue weighted by atomic mass is 35.5. The van der Waals surface area contributed by atoms with Gasteiger partial charge in [0, 0.05) is 21.8 Å². The molecule has 0 bridgehead atoms. The summed E-state index contributed by atoms with van der Waals surface area (Å²) in [6, 6.07) is 23.3. The third-order valence-corrected chi connectivity index (χ3v) is 4.38. The summed E-state index contributed by atoms with van der Waals surface area (Å²) in [5, 5.41) is 4.23. The molecule has 0 fully saturated rings. The van der Waals surface area contributed by atoms with Crippen molar-refractivity contribution in [1.29, 1.82) is 0 Å². The van der Waals surface area contributed by atoms with Gasteiger partial charge in [-0.1, -0.05) is 71.7 Å². The zero-order chi connectivity index (χ0) is 16.9. The summed E-state index contributed by atoms with van der Waals surface area (Å²) in [6.07, 6.45) is 0. The van der Waals surface area contributed by atoms with Gasteiger partial charge >= 0.3 is 0 Å². The number of ketones is 1. The maximum absolute atomic E-state index is 13.1. The molecule has 1 N–H and O–H groups in total. The van der Waals surface area contributed by atoms with Gasteiger partial charge in [-0.25, -0.2) is 0 Å². The lowest BCUT2D eigenvalue weighted by atomic mass is 9.97. The van der Waals surface area contributed by atoms with Crippen molar-refractivity contribution in [2.24, 2.45) is 0 Å². The summed E-state index contributed by atoms with van der Waals surface area (Å²) in [5.74, 6) is -0.127. The van der Waals surface area contributed by atoms with E-state index in [-0.39, 0.29) is 5.78 Å². The summed E-state index contributed by atoms with van der Waals surface area (Å²) < 4.78 is 0. The number of carbonyl (C=O) groups excluding carboxylic acids is 1. The Balaban J connectivity index is 2.04.